The quantitative estimate of drug-likeness (QED) is 0.269. The van der Waals surface area contributed by atoms with Crippen LogP contribution in [0.1, 0.15) is 28.8 Å². The van der Waals surface area contributed by atoms with Crippen LogP contribution in [-0.4, -0.2) is 52.1 Å². The van der Waals surface area contributed by atoms with Crippen LogP contribution in [0, 0.1) is 6.92 Å². The standard InChI is InChI=1S/C30H28Cl2N4O3/c1-20-4-14-25(15-5-20)36-18-27(21-6-10-23(31)11-7-21)33-30(36)34-28(37)19-35(17-26-3-2-16-39-26)29(38)22-8-12-24(32)13-9-22/h4-15,18,26H,2-3,16-17,19H2,1H3,(H,33,34,37)/t26-/m1/s1. The molecule has 1 aromatic heterocycles. The molecule has 39 heavy (non-hydrogen) atoms. The van der Waals surface area contributed by atoms with Gasteiger partial charge in [-0.15, -0.1) is 0 Å². The van der Waals surface area contributed by atoms with Crippen LogP contribution in [0.2, 0.25) is 10.0 Å². The number of aryl methyl sites for hydroxylation is 1. The number of carbonyl (C=O) groups excluding carboxylic acids is 2. The smallest absolute Gasteiger partial charge is 0.254 e. The Bertz CT molecular complexity index is 1450. The summed E-state index contributed by atoms with van der Waals surface area (Å²) in [4.78, 5) is 33.0. The molecule has 1 aliphatic rings. The topological polar surface area (TPSA) is 76.5 Å². The molecular weight excluding hydrogens is 535 g/mol. The number of anilines is 1. The third-order valence-corrected chi connectivity index (χ3v) is 7.07. The molecule has 1 N–H and O–H groups in total. The van der Waals surface area contributed by atoms with Gasteiger partial charge < -0.3 is 9.64 Å². The van der Waals surface area contributed by atoms with Crippen LogP contribution >= 0.6 is 23.2 Å². The van der Waals surface area contributed by atoms with E-state index in [1.54, 1.807) is 36.4 Å². The highest BCUT2D eigenvalue weighted by molar-refractivity contribution is 6.31. The van der Waals surface area contributed by atoms with Crippen molar-refractivity contribution in [3.63, 3.8) is 0 Å². The second-order valence-corrected chi connectivity index (χ2v) is 10.4. The lowest BCUT2D eigenvalue weighted by atomic mass is 10.1. The molecule has 2 heterocycles. The number of carbonyl (C=O) groups is 2. The lowest BCUT2D eigenvalue weighted by Crippen LogP contribution is -2.42. The first-order valence-corrected chi connectivity index (χ1v) is 13.5. The van der Waals surface area contributed by atoms with Gasteiger partial charge in [0.05, 0.1) is 11.8 Å². The van der Waals surface area contributed by atoms with E-state index in [-0.39, 0.29) is 24.5 Å². The minimum absolute atomic E-state index is 0.111. The summed E-state index contributed by atoms with van der Waals surface area (Å²) in [5.74, 6) is -0.275. The molecule has 4 aromatic rings. The van der Waals surface area contributed by atoms with E-state index in [0.717, 1.165) is 29.7 Å². The van der Waals surface area contributed by atoms with Crippen LogP contribution in [0.25, 0.3) is 16.9 Å². The summed E-state index contributed by atoms with van der Waals surface area (Å²) in [6.45, 7) is 2.83. The minimum Gasteiger partial charge on any atom is -0.376 e. The second-order valence-electron chi connectivity index (χ2n) is 9.54. The number of benzene rings is 3. The van der Waals surface area contributed by atoms with Crippen molar-refractivity contribution in [2.24, 2.45) is 0 Å². The zero-order valence-corrected chi connectivity index (χ0v) is 23.0. The molecule has 0 bridgehead atoms. The summed E-state index contributed by atoms with van der Waals surface area (Å²) in [6, 6.07) is 21.9. The molecule has 0 saturated carbocycles. The first kappa shape index (κ1) is 26.9. The zero-order valence-electron chi connectivity index (χ0n) is 21.4. The van der Waals surface area contributed by atoms with Crippen molar-refractivity contribution in [3.8, 4) is 16.9 Å². The SMILES string of the molecule is Cc1ccc(-n2cc(-c3ccc(Cl)cc3)nc2NC(=O)CN(C[C@H]2CCCO2)C(=O)c2ccc(Cl)cc2)cc1. The number of aromatic nitrogens is 2. The molecule has 1 atom stereocenters. The van der Waals surface area contributed by atoms with Crippen LogP contribution in [0.5, 0.6) is 0 Å². The minimum atomic E-state index is -0.364. The highest BCUT2D eigenvalue weighted by atomic mass is 35.5. The fourth-order valence-corrected chi connectivity index (χ4v) is 4.75. The van der Waals surface area contributed by atoms with Gasteiger partial charge in [-0.2, -0.15) is 0 Å². The van der Waals surface area contributed by atoms with Crippen molar-refractivity contribution in [1.82, 2.24) is 14.5 Å². The van der Waals surface area contributed by atoms with Crippen molar-refractivity contribution in [2.75, 3.05) is 25.0 Å². The number of rotatable bonds is 8. The summed E-state index contributed by atoms with van der Waals surface area (Å²) in [6.07, 6.45) is 3.53. The second kappa shape index (κ2) is 12.0. The van der Waals surface area contributed by atoms with E-state index in [1.165, 1.54) is 4.90 Å². The number of nitrogens with one attached hydrogen (secondary N) is 1. The number of hydrogen-bond donors (Lipinski definition) is 1. The molecule has 7 nitrogen and oxygen atoms in total. The largest absolute Gasteiger partial charge is 0.376 e. The Hall–Kier alpha value is -3.65. The normalized spacial score (nSPS) is 14.8. The third-order valence-electron chi connectivity index (χ3n) is 6.57. The maximum atomic E-state index is 13.4. The van der Waals surface area contributed by atoms with Crippen molar-refractivity contribution >= 4 is 41.0 Å². The van der Waals surface area contributed by atoms with Crippen molar-refractivity contribution in [1.29, 1.82) is 0 Å². The number of ether oxygens (including phenoxy) is 1. The number of nitrogens with zero attached hydrogens (tertiary/aromatic N) is 3. The number of halogens is 2. The van der Waals surface area contributed by atoms with E-state index in [0.29, 0.717) is 40.4 Å². The molecule has 9 heteroatoms. The lowest BCUT2D eigenvalue weighted by Gasteiger charge is -2.25. The highest BCUT2D eigenvalue weighted by Crippen LogP contribution is 2.26. The summed E-state index contributed by atoms with van der Waals surface area (Å²) >= 11 is 12.1. The molecular formula is C30H28Cl2N4O3. The highest BCUT2D eigenvalue weighted by Gasteiger charge is 2.26. The molecule has 3 aromatic carbocycles. The van der Waals surface area contributed by atoms with E-state index in [9.17, 15) is 9.59 Å². The first-order chi connectivity index (χ1) is 18.9. The maximum absolute atomic E-state index is 13.4. The van der Waals surface area contributed by atoms with Gasteiger partial charge in [0.25, 0.3) is 5.91 Å². The van der Waals surface area contributed by atoms with Crippen molar-refractivity contribution in [2.45, 2.75) is 25.9 Å². The number of hydrogen-bond acceptors (Lipinski definition) is 4. The Balaban J connectivity index is 1.41. The average Bonchev–Trinajstić information content (AvgIpc) is 3.59. The molecule has 2 amide bonds. The fourth-order valence-electron chi connectivity index (χ4n) is 4.50. The molecule has 0 unspecified atom stereocenters. The van der Waals surface area contributed by atoms with E-state index >= 15 is 0 Å². The maximum Gasteiger partial charge on any atom is 0.254 e. The van der Waals surface area contributed by atoms with E-state index in [4.69, 9.17) is 32.9 Å². The van der Waals surface area contributed by atoms with Gasteiger partial charge in [-0.05, 0) is 68.3 Å². The Morgan fingerprint density at radius 3 is 2.31 bits per heavy atom. The Morgan fingerprint density at radius 2 is 1.67 bits per heavy atom. The molecule has 1 saturated heterocycles. The van der Waals surface area contributed by atoms with E-state index in [2.05, 4.69) is 5.32 Å². The number of imidazole rings is 1. The Kier molecular flexibility index (Phi) is 8.31. The predicted molar refractivity (Wildman–Crippen MR) is 154 cm³/mol. The van der Waals surface area contributed by atoms with Gasteiger partial charge in [-0.25, -0.2) is 4.98 Å². The van der Waals surface area contributed by atoms with Gasteiger partial charge in [0.2, 0.25) is 11.9 Å². The van der Waals surface area contributed by atoms with Crippen LogP contribution in [0.15, 0.2) is 79.0 Å². The predicted octanol–water partition coefficient (Wildman–Crippen LogP) is 6.41. The van der Waals surface area contributed by atoms with Gasteiger partial charge in [-0.1, -0.05) is 53.0 Å². The monoisotopic (exact) mass is 562 g/mol. The molecule has 0 spiro atoms. The summed E-state index contributed by atoms with van der Waals surface area (Å²) in [7, 11) is 0. The Morgan fingerprint density at radius 1 is 1.00 bits per heavy atom. The number of amides is 2. The van der Waals surface area contributed by atoms with Gasteiger partial charge in [0.15, 0.2) is 0 Å². The molecule has 1 fully saturated rings. The summed E-state index contributed by atoms with van der Waals surface area (Å²) in [5, 5.41) is 4.09. The van der Waals surface area contributed by atoms with Crippen molar-refractivity contribution in [3.05, 3.63) is 100 Å². The first-order valence-electron chi connectivity index (χ1n) is 12.7. The average molecular weight is 563 g/mol. The third kappa shape index (κ3) is 6.68. The van der Waals surface area contributed by atoms with E-state index in [1.807, 2.05) is 54.1 Å². The molecule has 200 valence electrons. The van der Waals surface area contributed by atoms with Crippen LogP contribution in [0.3, 0.4) is 0 Å². The van der Waals surface area contributed by atoms with Crippen LogP contribution < -0.4 is 5.32 Å². The fraction of sp³-hybridized carbons (Fsp3) is 0.233. The lowest BCUT2D eigenvalue weighted by molar-refractivity contribution is -0.117. The van der Waals surface area contributed by atoms with Crippen LogP contribution in [0.4, 0.5) is 5.95 Å². The van der Waals surface area contributed by atoms with Crippen LogP contribution in [-0.2, 0) is 9.53 Å². The van der Waals surface area contributed by atoms with Gasteiger partial charge in [0, 0.05) is 46.2 Å². The molecule has 0 radical (unpaired) electrons. The zero-order chi connectivity index (χ0) is 27.4. The summed E-state index contributed by atoms with van der Waals surface area (Å²) < 4.78 is 7.59. The molecule has 5 rings (SSSR count). The Labute approximate surface area is 237 Å². The summed E-state index contributed by atoms with van der Waals surface area (Å²) in [5.41, 5.74) is 3.95. The van der Waals surface area contributed by atoms with E-state index < -0.39 is 0 Å². The molecule has 0 aliphatic carbocycles. The van der Waals surface area contributed by atoms with Gasteiger partial charge in [0.1, 0.15) is 6.54 Å². The van der Waals surface area contributed by atoms with Gasteiger partial charge >= 0.3 is 0 Å². The van der Waals surface area contributed by atoms with Crippen molar-refractivity contribution < 1.29 is 14.3 Å². The molecule has 1 aliphatic heterocycles. The van der Waals surface area contributed by atoms with Gasteiger partial charge in [-0.3, -0.25) is 19.5 Å².